The van der Waals surface area contributed by atoms with Crippen LogP contribution in [0.5, 0.6) is 0 Å². The lowest BCUT2D eigenvalue weighted by Crippen LogP contribution is -2.45. The Hall–Kier alpha value is -3.13. The van der Waals surface area contributed by atoms with Crippen molar-refractivity contribution in [2.24, 2.45) is 13.0 Å². The summed E-state index contributed by atoms with van der Waals surface area (Å²) >= 11 is 3.31. The van der Waals surface area contributed by atoms with Crippen molar-refractivity contribution in [3.8, 4) is 0 Å². The number of nitrogens with zero attached hydrogens (tertiary/aromatic N) is 2. The van der Waals surface area contributed by atoms with E-state index in [1.165, 1.54) is 0 Å². The molecule has 4 rings (SSSR count). The van der Waals surface area contributed by atoms with Gasteiger partial charge in [0.1, 0.15) is 5.69 Å². The van der Waals surface area contributed by atoms with Crippen molar-refractivity contribution < 1.29 is 14.4 Å². The van der Waals surface area contributed by atoms with Crippen molar-refractivity contribution in [2.75, 3.05) is 11.4 Å². The van der Waals surface area contributed by atoms with Gasteiger partial charge in [-0.3, -0.25) is 25.2 Å². The van der Waals surface area contributed by atoms with Gasteiger partial charge in [-0.05, 0) is 33.4 Å². The Labute approximate surface area is 175 Å². The Morgan fingerprint density at radius 2 is 1.86 bits per heavy atom. The number of anilines is 1. The summed E-state index contributed by atoms with van der Waals surface area (Å²) in [4.78, 5) is 39.0. The first-order chi connectivity index (χ1) is 13.9. The maximum absolute atomic E-state index is 12.6. The second-order valence-electron chi connectivity index (χ2n) is 7.00. The number of carbonyl (C=O) groups excluding carboxylic acids is 3. The third kappa shape index (κ3) is 3.75. The van der Waals surface area contributed by atoms with Crippen molar-refractivity contribution in [1.82, 2.24) is 15.4 Å². The van der Waals surface area contributed by atoms with Gasteiger partial charge < -0.3 is 9.47 Å². The van der Waals surface area contributed by atoms with Crippen LogP contribution in [0.4, 0.5) is 5.69 Å². The van der Waals surface area contributed by atoms with Crippen LogP contribution in [-0.4, -0.2) is 28.8 Å². The van der Waals surface area contributed by atoms with Gasteiger partial charge in [-0.15, -0.1) is 0 Å². The maximum Gasteiger partial charge on any atom is 0.286 e. The summed E-state index contributed by atoms with van der Waals surface area (Å²) in [5.74, 6) is -1.47. The molecule has 0 aliphatic carbocycles. The molecule has 1 fully saturated rings. The van der Waals surface area contributed by atoms with Gasteiger partial charge in [-0.1, -0.05) is 36.4 Å². The minimum atomic E-state index is -0.540. The molecule has 148 valence electrons. The minimum Gasteiger partial charge on any atom is -0.345 e. The van der Waals surface area contributed by atoms with Gasteiger partial charge in [0.25, 0.3) is 5.91 Å². The Morgan fingerprint density at radius 3 is 2.62 bits per heavy atom. The van der Waals surface area contributed by atoms with E-state index in [9.17, 15) is 14.4 Å². The van der Waals surface area contributed by atoms with E-state index in [-0.39, 0.29) is 24.8 Å². The van der Waals surface area contributed by atoms with Gasteiger partial charge in [0.05, 0.1) is 11.6 Å². The molecule has 1 saturated heterocycles. The predicted octanol–water partition coefficient (Wildman–Crippen LogP) is 2.75. The lowest BCUT2D eigenvalue weighted by atomic mass is 10.1. The van der Waals surface area contributed by atoms with Crippen LogP contribution >= 0.6 is 15.9 Å². The quantitative estimate of drug-likeness (QED) is 0.596. The molecule has 0 radical (unpaired) electrons. The molecule has 3 amide bonds. The van der Waals surface area contributed by atoms with E-state index in [0.29, 0.717) is 5.69 Å². The average Bonchev–Trinajstić information content (AvgIpc) is 3.27. The number of aromatic nitrogens is 1. The van der Waals surface area contributed by atoms with E-state index >= 15 is 0 Å². The molecule has 3 aromatic rings. The fourth-order valence-corrected chi connectivity index (χ4v) is 4.12. The molecule has 29 heavy (non-hydrogen) atoms. The summed E-state index contributed by atoms with van der Waals surface area (Å²) in [6.07, 6.45) is 1.84. The largest absolute Gasteiger partial charge is 0.345 e. The highest BCUT2D eigenvalue weighted by atomic mass is 79.9. The summed E-state index contributed by atoms with van der Waals surface area (Å²) < 4.78 is 2.41. The molecular formula is C21H19BrN4O3. The summed E-state index contributed by atoms with van der Waals surface area (Å²) in [6.45, 7) is 0.268. The van der Waals surface area contributed by atoms with Crippen molar-refractivity contribution in [1.29, 1.82) is 0 Å². The number of benzene rings is 2. The van der Waals surface area contributed by atoms with Crippen LogP contribution in [0, 0.1) is 5.92 Å². The predicted molar refractivity (Wildman–Crippen MR) is 113 cm³/mol. The normalized spacial score (nSPS) is 16.3. The maximum atomic E-state index is 12.6. The summed E-state index contributed by atoms with van der Waals surface area (Å²) in [6, 6.07) is 15.2. The molecule has 1 aliphatic rings. The molecule has 7 nitrogen and oxygen atoms in total. The summed E-state index contributed by atoms with van der Waals surface area (Å²) in [7, 11) is 1.74. The van der Waals surface area contributed by atoms with Crippen LogP contribution in [0.1, 0.15) is 16.9 Å². The van der Waals surface area contributed by atoms with Gasteiger partial charge in [0.2, 0.25) is 11.8 Å². The first-order valence-corrected chi connectivity index (χ1v) is 9.93. The molecule has 1 atom stereocenters. The van der Waals surface area contributed by atoms with Crippen molar-refractivity contribution in [3.63, 3.8) is 0 Å². The first kappa shape index (κ1) is 19.2. The molecule has 8 heteroatoms. The number of carbonyl (C=O) groups is 3. The monoisotopic (exact) mass is 454 g/mol. The van der Waals surface area contributed by atoms with Crippen LogP contribution in [0.3, 0.4) is 0 Å². The first-order valence-electron chi connectivity index (χ1n) is 9.14. The zero-order valence-corrected chi connectivity index (χ0v) is 17.3. The van der Waals surface area contributed by atoms with Crippen molar-refractivity contribution in [3.05, 3.63) is 64.9 Å². The van der Waals surface area contributed by atoms with Crippen LogP contribution in [0.2, 0.25) is 0 Å². The molecule has 0 saturated carbocycles. The standard InChI is InChI=1S/C21H19BrN4O3/c1-25-12-15(22)10-18(25)21(29)24-23-20(28)14-9-19(27)26(11-14)17-8-4-6-13-5-2-3-7-16(13)17/h2-8,10,12,14H,9,11H2,1H3,(H,23,28)(H,24,29). The number of amides is 3. The molecule has 2 aromatic carbocycles. The van der Waals surface area contributed by atoms with Gasteiger partial charge >= 0.3 is 0 Å². The van der Waals surface area contributed by atoms with Gasteiger partial charge in [-0.2, -0.15) is 0 Å². The van der Waals surface area contributed by atoms with Crippen molar-refractivity contribution in [2.45, 2.75) is 6.42 Å². The Bertz CT molecular complexity index is 1120. The van der Waals surface area contributed by atoms with Crippen LogP contribution in [0.25, 0.3) is 10.8 Å². The Kier molecular flexibility index (Phi) is 5.10. The number of halogens is 1. The molecule has 1 unspecified atom stereocenters. The lowest BCUT2D eigenvalue weighted by Gasteiger charge is -2.19. The fourth-order valence-electron chi connectivity index (χ4n) is 3.59. The molecular weight excluding hydrogens is 436 g/mol. The van der Waals surface area contributed by atoms with E-state index < -0.39 is 11.8 Å². The molecule has 0 spiro atoms. The minimum absolute atomic E-state index is 0.0978. The number of aryl methyl sites for hydroxylation is 1. The number of hydrogen-bond donors (Lipinski definition) is 2. The molecule has 1 aliphatic heterocycles. The van der Waals surface area contributed by atoms with Gasteiger partial charge in [-0.25, -0.2) is 0 Å². The average molecular weight is 455 g/mol. The zero-order chi connectivity index (χ0) is 20.5. The molecule has 2 N–H and O–H groups in total. The van der Waals surface area contributed by atoms with E-state index in [1.807, 2.05) is 42.5 Å². The highest BCUT2D eigenvalue weighted by molar-refractivity contribution is 9.10. The number of hydrazine groups is 1. The smallest absolute Gasteiger partial charge is 0.286 e. The highest BCUT2D eigenvalue weighted by Gasteiger charge is 2.36. The Balaban J connectivity index is 1.44. The number of hydrogen-bond acceptors (Lipinski definition) is 3. The molecule has 1 aromatic heterocycles. The van der Waals surface area contributed by atoms with Crippen LogP contribution in [-0.2, 0) is 16.6 Å². The SMILES string of the molecule is Cn1cc(Br)cc1C(=O)NNC(=O)C1CC(=O)N(c2cccc3ccccc23)C1. The number of nitrogens with one attached hydrogen (secondary N) is 2. The van der Waals surface area contributed by atoms with E-state index in [4.69, 9.17) is 0 Å². The van der Waals surface area contributed by atoms with Gasteiger partial charge in [0.15, 0.2) is 0 Å². The molecule has 0 bridgehead atoms. The van der Waals surface area contributed by atoms with E-state index in [2.05, 4.69) is 26.8 Å². The summed E-state index contributed by atoms with van der Waals surface area (Å²) in [5.41, 5.74) is 6.05. The zero-order valence-electron chi connectivity index (χ0n) is 15.7. The molecule has 2 heterocycles. The van der Waals surface area contributed by atoms with Gasteiger partial charge in [0, 0.05) is 36.1 Å². The number of rotatable bonds is 3. The Morgan fingerprint density at radius 1 is 1.10 bits per heavy atom. The fraction of sp³-hybridized carbons (Fsp3) is 0.190. The topological polar surface area (TPSA) is 83.4 Å². The third-order valence-electron chi connectivity index (χ3n) is 5.06. The van der Waals surface area contributed by atoms with E-state index in [1.54, 1.807) is 28.8 Å². The highest BCUT2D eigenvalue weighted by Crippen LogP contribution is 2.31. The number of fused-ring (bicyclic) bond motifs is 1. The van der Waals surface area contributed by atoms with E-state index in [0.717, 1.165) is 20.9 Å². The third-order valence-corrected chi connectivity index (χ3v) is 5.49. The lowest BCUT2D eigenvalue weighted by molar-refractivity contribution is -0.126. The second kappa shape index (κ2) is 7.71. The summed E-state index contributed by atoms with van der Waals surface area (Å²) in [5, 5.41) is 2.00. The van der Waals surface area contributed by atoms with Crippen LogP contribution in [0.15, 0.2) is 59.2 Å². The van der Waals surface area contributed by atoms with Crippen molar-refractivity contribution >= 4 is 50.1 Å². The second-order valence-corrected chi connectivity index (χ2v) is 7.92. The van der Waals surface area contributed by atoms with Crippen LogP contribution < -0.4 is 15.8 Å².